The molecule has 2 aromatic rings. The fourth-order valence-electron chi connectivity index (χ4n) is 2.00. The molecule has 21 heavy (non-hydrogen) atoms. The Morgan fingerprint density at radius 3 is 2.67 bits per heavy atom. The molecule has 1 aromatic heterocycles. The Bertz CT molecular complexity index is 647. The Kier molecular flexibility index (Phi) is 3.67. The molecule has 1 heterocycles. The highest BCUT2D eigenvalue weighted by atomic mass is 35.5. The van der Waals surface area contributed by atoms with Crippen LogP contribution in [0.3, 0.4) is 0 Å². The first kappa shape index (κ1) is 14.4. The van der Waals surface area contributed by atoms with Crippen molar-refractivity contribution in [3.05, 3.63) is 46.7 Å². The van der Waals surface area contributed by atoms with E-state index in [4.69, 9.17) is 11.6 Å². The fraction of sp³-hybridized carbons (Fsp3) is 0.357. The average Bonchev–Trinajstić information content (AvgIpc) is 3.13. The van der Waals surface area contributed by atoms with Crippen LogP contribution in [0.25, 0.3) is 5.69 Å². The van der Waals surface area contributed by atoms with Crippen LogP contribution in [0.15, 0.2) is 30.5 Å². The third-order valence-corrected chi connectivity index (χ3v) is 3.62. The minimum absolute atomic E-state index is 0.0228. The van der Waals surface area contributed by atoms with Crippen LogP contribution in [-0.2, 0) is 12.7 Å². The molecule has 1 fully saturated rings. The molecule has 0 atom stereocenters. The standard InChI is InChI=1S/C14H13ClF3N3/c15-12-7-9(14(16,17)18)1-4-13(12)21-6-5-11(20-21)8-19-10-2-3-10/h1,4-7,10,19H,2-3,8H2. The lowest BCUT2D eigenvalue weighted by Gasteiger charge is -2.10. The number of halogens is 4. The van der Waals surface area contributed by atoms with Crippen molar-refractivity contribution in [2.45, 2.75) is 31.6 Å². The van der Waals surface area contributed by atoms with Crippen LogP contribution in [0.2, 0.25) is 5.02 Å². The summed E-state index contributed by atoms with van der Waals surface area (Å²) in [5.74, 6) is 0. The van der Waals surface area contributed by atoms with Gasteiger partial charge in [-0.05, 0) is 37.1 Å². The summed E-state index contributed by atoms with van der Waals surface area (Å²) >= 11 is 5.94. The highest BCUT2D eigenvalue weighted by Gasteiger charge is 2.31. The summed E-state index contributed by atoms with van der Waals surface area (Å²) in [4.78, 5) is 0. The smallest absolute Gasteiger partial charge is 0.308 e. The summed E-state index contributed by atoms with van der Waals surface area (Å²) in [5.41, 5.74) is 0.499. The molecule has 0 spiro atoms. The van der Waals surface area contributed by atoms with Gasteiger partial charge in [-0.1, -0.05) is 11.6 Å². The molecule has 1 aliphatic carbocycles. The van der Waals surface area contributed by atoms with Gasteiger partial charge in [-0.3, -0.25) is 0 Å². The molecule has 1 N–H and O–H groups in total. The van der Waals surface area contributed by atoms with Gasteiger partial charge in [0, 0.05) is 18.8 Å². The van der Waals surface area contributed by atoms with Gasteiger partial charge in [-0.2, -0.15) is 18.3 Å². The number of rotatable bonds is 4. The maximum atomic E-state index is 12.6. The molecule has 0 bridgehead atoms. The van der Waals surface area contributed by atoms with Gasteiger partial charge in [0.25, 0.3) is 0 Å². The lowest BCUT2D eigenvalue weighted by atomic mass is 10.2. The van der Waals surface area contributed by atoms with Gasteiger partial charge in [0.2, 0.25) is 0 Å². The second-order valence-electron chi connectivity index (χ2n) is 5.07. The van der Waals surface area contributed by atoms with Crippen LogP contribution in [0.1, 0.15) is 24.1 Å². The Morgan fingerprint density at radius 2 is 2.05 bits per heavy atom. The van der Waals surface area contributed by atoms with E-state index in [1.807, 2.05) is 6.07 Å². The van der Waals surface area contributed by atoms with Gasteiger partial charge in [0.05, 0.1) is 22.0 Å². The molecule has 7 heteroatoms. The van der Waals surface area contributed by atoms with E-state index >= 15 is 0 Å². The van der Waals surface area contributed by atoms with Crippen LogP contribution in [-0.4, -0.2) is 15.8 Å². The molecule has 0 aliphatic heterocycles. The summed E-state index contributed by atoms with van der Waals surface area (Å²) in [6.07, 6.45) is -0.332. The van der Waals surface area contributed by atoms with Gasteiger partial charge in [0.1, 0.15) is 0 Å². The third-order valence-electron chi connectivity index (χ3n) is 3.32. The summed E-state index contributed by atoms with van der Waals surface area (Å²) in [5, 5.41) is 7.67. The van der Waals surface area contributed by atoms with Crippen molar-refractivity contribution in [2.75, 3.05) is 0 Å². The van der Waals surface area contributed by atoms with E-state index in [0.717, 1.165) is 17.8 Å². The first-order valence-electron chi connectivity index (χ1n) is 6.58. The Morgan fingerprint density at radius 1 is 1.29 bits per heavy atom. The molecule has 0 saturated heterocycles. The summed E-state index contributed by atoms with van der Waals surface area (Å²) in [6, 6.07) is 5.65. The minimum atomic E-state index is -4.40. The Hall–Kier alpha value is -1.53. The molecule has 112 valence electrons. The zero-order valence-electron chi connectivity index (χ0n) is 11.0. The van der Waals surface area contributed by atoms with Crippen molar-refractivity contribution in [2.24, 2.45) is 0 Å². The normalized spacial score (nSPS) is 15.4. The molecule has 0 radical (unpaired) electrons. The van der Waals surface area contributed by atoms with Crippen molar-refractivity contribution in [1.29, 1.82) is 0 Å². The van der Waals surface area contributed by atoms with Crippen molar-refractivity contribution in [3.8, 4) is 5.69 Å². The quantitative estimate of drug-likeness (QED) is 0.930. The molecular weight excluding hydrogens is 303 g/mol. The molecular formula is C14H13ClF3N3. The fourth-order valence-corrected chi connectivity index (χ4v) is 2.26. The van der Waals surface area contributed by atoms with Gasteiger partial charge < -0.3 is 5.32 Å². The first-order chi connectivity index (χ1) is 9.93. The molecule has 1 aliphatic rings. The number of aromatic nitrogens is 2. The molecule has 3 nitrogen and oxygen atoms in total. The second-order valence-corrected chi connectivity index (χ2v) is 5.48. The maximum absolute atomic E-state index is 12.6. The largest absolute Gasteiger partial charge is 0.416 e. The van der Waals surface area contributed by atoms with E-state index in [9.17, 15) is 13.2 Å². The van der Waals surface area contributed by atoms with Gasteiger partial charge in [-0.25, -0.2) is 4.68 Å². The third kappa shape index (κ3) is 3.39. The molecule has 1 saturated carbocycles. The Labute approximate surface area is 124 Å². The zero-order valence-corrected chi connectivity index (χ0v) is 11.7. The van der Waals surface area contributed by atoms with Crippen LogP contribution < -0.4 is 5.32 Å². The van der Waals surface area contributed by atoms with Crippen molar-refractivity contribution in [1.82, 2.24) is 15.1 Å². The van der Waals surface area contributed by atoms with Gasteiger partial charge in [0.15, 0.2) is 0 Å². The van der Waals surface area contributed by atoms with E-state index in [1.54, 1.807) is 6.20 Å². The Balaban J connectivity index is 1.79. The van der Waals surface area contributed by atoms with E-state index in [2.05, 4.69) is 10.4 Å². The van der Waals surface area contributed by atoms with E-state index in [-0.39, 0.29) is 5.02 Å². The molecule has 0 amide bonds. The summed E-state index contributed by atoms with van der Waals surface area (Å²) in [7, 11) is 0. The number of benzene rings is 1. The highest BCUT2D eigenvalue weighted by Crippen LogP contribution is 2.33. The van der Waals surface area contributed by atoms with Crippen LogP contribution in [0.4, 0.5) is 13.2 Å². The molecule has 3 rings (SSSR count). The van der Waals surface area contributed by atoms with Gasteiger partial charge >= 0.3 is 6.18 Å². The summed E-state index contributed by atoms with van der Waals surface area (Å²) in [6.45, 7) is 0.649. The van der Waals surface area contributed by atoms with E-state index in [1.165, 1.54) is 23.6 Å². The molecule has 1 aromatic carbocycles. The van der Waals surface area contributed by atoms with E-state index in [0.29, 0.717) is 18.3 Å². The van der Waals surface area contributed by atoms with Gasteiger partial charge in [-0.15, -0.1) is 0 Å². The number of alkyl halides is 3. The lowest BCUT2D eigenvalue weighted by Crippen LogP contribution is -2.15. The van der Waals surface area contributed by atoms with Crippen molar-refractivity contribution < 1.29 is 13.2 Å². The predicted octanol–water partition coefficient (Wildman–Crippen LogP) is 3.80. The monoisotopic (exact) mass is 315 g/mol. The minimum Gasteiger partial charge on any atom is -0.308 e. The summed E-state index contributed by atoms with van der Waals surface area (Å²) < 4.78 is 39.3. The zero-order chi connectivity index (χ0) is 15.0. The van der Waals surface area contributed by atoms with Crippen LogP contribution >= 0.6 is 11.6 Å². The first-order valence-corrected chi connectivity index (χ1v) is 6.96. The maximum Gasteiger partial charge on any atom is 0.416 e. The second kappa shape index (κ2) is 5.35. The van der Waals surface area contributed by atoms with Crippen molar-refractivity contribution in [3.63, 3.8) is 0 Å². The van der Waals surface area contributed by atoms with E-state index < -0.39 is 11.7 Å². The number of hydrogen-bond acceptors (Lipinski definition) is 2. The highest BCUT2D eigenvalue weighted by molar-refractivity contribution is 6.32. The van der Waals surface area contributed by atoms with Crippen LogP contribution in [0, 0.1) is 0 Å². The van der Waals surface area contributed by atoms with Crippen LogP contribution in [0.5, 0.6) is 0 Å². The lowest BCUT2D eigenvalue weighted by molar-refractivity contribution is -0.137. The number of nitrogens with zero attached hydrogens (tertiary/aromatic N) is 2. The van der Waals surface area contributed by atoms with Crippen molar-refractivity contribution >= 4 is 11.6 Å². The average molecular weight is 316 g/mol. The predicted molar refractivity (Wildman–Crippen MR) is 73.4 cm³/mol. The molecule has 0 unspecified atom stereocenters. The number of nitrogens with one attached hydrogen (secondary N) is 1. The number of hydrogen-bond donors (Lipinski definition) is 1. The topological polar surface area (TPSA) is 29.9 Å². The SMILES string of the molecule is FC(F)(F)c1ccc(-n2ccc(CNC3CC3)n2)c(Cl)c1.